The fourth-order valence-electron chi connectivity index (χ4n) is 1.73. The van der Waals surface area contributed by atoms with Gasteiger partial charge in [0.05, 0.1) is 30.1 Å². The Morgan fingerprint density at radius 2 is 2.29 bits per heavy atom. The van der Waals surface area contributed by atoms with Gasteiger partial charge in [-0.15, -0.1) is 0 Å². The van der Waals surface area contributed by atoms with E-state index in [0.717, 1.165) is 11.3 Å². The summed E-state index contributed by atoms with van der Waals surface area (Å²) in [5.74, 6) is 6.58. The van der Waals surface area contributed by atoms with Gasteiger partial charge in [-0.1, -0.05) is 31.3 Å². The molecule has 0 aliphatic heterocycles. The largest absolute Gasteiger partial charge is 0.394 e. The first kappa shape index (κ1) is 15.5. The Kier molecular flexibility index (Phi) is 5.34. The third-order valence-corrected chi connectivity index (χ3v) is 4.41. The second kappa shape index (κ2) is 7.23. The van der Waals surface area contributed by atoms with E-state index in [1.807, 2.05) is 24.3 Å². The summed E-state index contributed by atoms with van der Waals surface area (Å²) >= 11 is 1.55. The molecule has 1 atom stereocenters. The summed E-state index contributed by atoms with van der Waals surface area (Å²) in [5.41, 5.74) is 7.94. The fourth-order valence-corrected chi connectivity index (χ4v) is 2.99. The second-order valence-electron chi connectivity index (χ2n) is 4.11. The molecule has 8 heteroatoms. The number of aromatic nitrogens is 2. The number of rotatable bonds is 5. The average molecular weight is 318 g/mol. The summed E-state index contributed by atoms with van der Waals surface area (Å²) in [6.45, 7) is 2.05. The molecule has 0 saturated heterocycles. The zero-order chi connectivity index (χ0) is 15.2. The topological polar surface area (TPSA) is 105 Å². The zero-order valence-electron chi connectivity index (χ0n) is 11.4. The van der Waals surface area contributed by atoms with Gasteiger partial charge in [-0.25, -0.2) is 15.8 Å². The van der Waals surface area contributed by atoms with E-state index in [9.17, 15) is 0 Å². The summed E-state index contributed by atoms with van der Waals surface area (Å²) in [6.07, 6.45) is 1.89. The number of nitrogen functional groups attached to an aromatic ring is 1. The van der Waals surface area contributed by atoms with Crippen molar-refractivity contribution in [1.82, 2.24) is 9.97 Å². The minimum atomic E-state index is 0.332. The standard InChI is InChI=1S/C13H15N6PS/c1-20-21-13-17-8-11(15)12(18-13)19(16)10-4-2-3-9(7-10)5-6-14/h2-4,7-8,20H,5,15-16H2,1H3. The number of anilines is 3. The SMILES string of the molecule is CPSc1ncc(N)c(N(N)c2cccc(CC#N)c2)n1. The van der Waals surface area contributed by atoms with Crippen LogP contribution in [0.4, 0.5) is 17.2 Å². The molecule has 1 heterocycles. The van der Waals surface area contributed by atoms with Crippen molar-refractivity contribution < 1.29 is 0 Å². The number of nitriles is 1. The Bertz CT molecular complexity index is 672. The molecule has 21 heavy (non-hydrogen) atoms. The van der Waals surface area contributed by atoms with Crippen molar-refractivity contribution >= 4 is 36.4 Å². The first-order chi connectivity index (χ1) is 10.2. The van der Waals surface area contributed by atoms with Crippen LogP contribution in [0.5, 0.6) is 0 Å². The number of nitrogens with two attached hydrogens (primary N) is 2. The van der Waals surface area contributed by atoms with Crippen LogP contribution in [0.2, 0.25) is 0 Å². The predicted octanol–water partition coefficient (Wildman–Crippen LogP) is 2.45. The monoisotopic (exact) mass is 318 g/mol. The van der Waals surface area contributed by atoms with Gasteiger partial charge in [-0.05, 0) is 24.4 Å². The van der Waals surface area contributed by atoms with Crippen molar-refractivity contribution in [3.05, 3.63) is 36.0 Å². The van der Waals surface area contributed by atoms with Crippen LogP contribution in [0.3, 0.4) is 0 Å². The highest BCUT2D eigenvalue weighted by Crippen LogP contribution is 2.34. The molecule has 0 aliphatic rings. The van der Waals surface area contributed by atoms with Crippen LogP contribution in [0.15, 0.2) is 35.6 Å². The molecule has 6 nitrogen and oxygen atoms in total. The van der Waals surface area contributed by atoms with Gasteiger partial charge in [-0.3, -0.25) is 5.01 Å². The van der Waals surface area contributed by atoms with Crippen LogP contribution in [-0.2, 0) is 6.42 Å². The minimum Gasteiger partial charge on any atom is -0.394 e. The summed E-state index contributed by atoms with van der Waals surface area (Å²) < 4.78 is 0. The molecule has 0 aliphatic carbocycles. The van der Waals surface area contributed by atoms with Gasteiger partial charge in [0.1, 0.15) is 0 Å². The number of benzene rings is 1. The number of hydrogen-bond acceptors (Lipinski definition) is 7. The summed E-state index contributed by atoms with van der Waals surface area (Å²) in [7, 11) is 0.642. The van der Waals surface area contributed by atoms with Gasteiger partial charge in [0, 0.05) is 0 Å². The number of hydrazine groups is 1. The van der Waals surface area contributed by atoms with Crippen molar-refractivity contribution in [2.45, 2.75) is 11.6 Å². The maximum atomic E-state index is 8.77. The molecule has 108 valence electrons. The quantitative estimate of drug-likeness (QED) is 0.377. The van der Waals surface area contributed by atoms with Crippen molar-refractivity contribution in [2.24, 2.45) is 5.84 Å². The lowest BCUT2D eigenvalue weighted by atomic mass is 10.1. The lowest BCUT2D eigenvalue weighted by Crippen LogP contribution is -2.27. The van der Waals surface area contributed by atoms with E-state index in [1.54, 1.807) is 17.6 Å². The van der Waals surface area contributed by atoms with Crippen molar-refractivity contribution in [3.8, 4) is 6.07 Å². The van der Waals surface area contributed by atoms with Crippen LogP contribution < -0.4 is 16.6 Å². The van der Waals surface area contributed by atoms with Gasteiger partial charge in [0.2, 0.25) is 0 Å². The molecule has 0 amide bonds. The Hall–Kier alpha value is -1.87. The van der Waals surface area contributed by atoms with Gasteiger partial charge in [0.15, 0.2) is 11.0 Å². The Labute approximate surface area is 129 Å². The van der Waals surface area contributed by atoms with Crippen LogP contribution in [0.1, 0.15) is 5.56 Å². The van der Waals surface area contributed by atoms with Gasteiger partial charge in [0.25, 0.3) is 0 Å². The number of hydrogen-bond donors (Lipinski definition) is 2. The molecule has 1 aromatic carbocycles. The van der Waals surface area contributed by atoms with Crippen molar-refractivity contribution in [1.29, 1.82) is 5.26 Å². The molecule has 2 aromatic rings. The summed E-state index contributed by atoms with van der Waals surface area (Å²) in [4.78, 5) is 8.54. The first-order valence-electron chi connectivity index (χ1n) is 6.12. The second-order valence-corrected chi connectivity index (χ2v) is 6.93. The Morgan fingerprint density at radius 1 is 1.48 bits per heavy atom. The van der Waals surface area contributed by atoms with Crippen LogP contribution in [0.25, 0.3) is 0 Å². The van der Waals surface area contributed by atoms with E-state index in [0.29, 0.717) is 30.9 Å². The molecular weight excluding hydrogens is 303 g/mol. The molecule has 1 aromatic heterocycles. The highest BCUT2D eigenvalue weighted by molar-refractivity contribution is 8.49. The number of nitrogens with zero attached hydrogens (tertiary/aromatic N) is 4. The van der Waals surface area contributed by atoms with Crippen molar-refractivity contribution in [2.75, 3.05) is 17.4 Å². The van der Waals surface area contributed by atoms with E-state index in [2.05, 4.69) is 22.7 Å². The molecule has 0 saturated carbocycles. The predicted molar refractivity (Wildman–Crippen MR) is 88.6 cm³/mol. The molecule has 2 rings (SSSR count). The lowest BCUT2D eigenvalue weighted by molar-refractivity contribution is 0.928. The van der Waals surface area contributed by atoms with Crippen molar-refractivity contribution in [3.63, 3.8) is 0 Å². The van der Waals surface area contributed by atoms with E-state index in [4.69, 9.17) is 16.8 Å². The average Bonchev–Trinajstić information content (AvgIpc) is 2.49. The summed E-state index contributed by atoms with van der Waals surface area (Å²) in [6, 6.07) is 9.53. The van der Waals surface area contributed by atoms with E-state index >= 15 is 0 Å². The van der Waals surface area contributed by atoms with E-state index in [1.165, 1.54) is 5.01 Å². The molecule has 0 spiro atoms. The lowest BCUT2D eigenvalue weighted by Gasteiger charge is -2.20. The third kappa shape index (κ3) is 3.82. The molecular formula is C13H15N6PS. The van der Waals surface area contributed by atoms with Crippen LogP contribution in [-0.4, -0.2) is 16.6 Å². The molecule has 0 fully saturated rings. The normalized spacial score (nSPS) is 10.7. The molecule has 0 radical (unpaired) electrons. The highest BCUT2D eigenvalue weighted by Gasteiger charge is 2.12. The highest BCUT2D eigenvalue weighted by atomic mass is 32.7. The van der Waals surface area contributed by atoms with E-state index < -0.39 is 0 Å². The minimum absolute atomic E-state index is 0.332. The van der Waals surface area contributed by atoms with Gasteiger partial charge < -0.3 is 5.73 Å². The Balaban J connectivity index is 2.35. The van der Waals surface area contributed by atoms with Gasteiger partial charge >= 0.3 is 0 Å². The van der Waals surface area contributed by atoms with Crippen LogP contribution in [0, 0.1) is 11.3 Å². The molecule has 0 bridgehead atoms. The third-order valence-electron chi connectivity index (χ3n) is 2.67. The maximum Gasteiger partial charge on any atom is 0.193 e. The Morgan fingerprint density at radius 3 is 3.00 bits per heavy atom. The molecule has 1 unspecified atom stereocenters. The zero-order valence-corrected chi connectivity index (χ0v) is 13.3. The fraction of sp³-hybridized carbons (Fsp3) is 0.154. The summed E-state index contributed by atoms with van der Waals surface area (Å²) in [5, 5.41) is 10.8. The maximum absolute atomic E-state index is 8.77. The van der Waals surface area contributed by atoms with Crippen LogP contribution >= 0.6 is 19.2 Å². The van der Waals surface area contributed by atoms with Gasteiger partial charge in [-0.2, -0.15) is 5.26 Å². The molecule has 4 N–H and O–H groups in total. The van der Waals surface area contributed by atoms with E-state index in [-0.39, 0.29) is 0 Å². The first-order valence-corrected chi connectivity index (χ1v) is 9.16. The smallest absolute Gasteiger partial charge is 0.193 e.